The Morgan fingerprint density at radius 3 is 2.55 bits per heavy atom. The van der Waals surface area contributed by atoms with Gasteiger partial charge >= 0.3 is 13.1 Å². The molecule has 1 saturated heterocycles. The molecular weight excluding hydrogens is 439 g/mol. The van der Waals surface area contributed by atoms with Crippen LogP contribution >= 0.6 is 11.6 Å². The Hall–Kier alpha value is -1.08. The van der Waals surface area contributed by atoms with Gasteiger partial charge in [-0.15, -0.1) is 11.6 Å². The number of carbonyl (C=O) groups excluding carboxylic acids is 1. The average Bonchev–Trinajstić information content (AvgIpc) is 3.10. The number of carbonyl (C=O) groups is 1. The molecule has 0 radical (unpaired) electrons. The first-order valence-corrected chi connectivity index (χ1v) is 12.7. The summed E-state index contributed by atoms with van der Waals surface area (Å²) in [5.41, 5.74) is 0.476. The first-order chi connectivity index (χ1) is 15.4. The fraction of sp³-hybridized carbons (Fsp3) is 0.731. The monoisotopic (exact) mass is 476 g/mol. The molecule has 182 valence electrons. The highest BCUT2D eigenvalue weighted by Crippen LogP contribution is 2.65. The first-order valence-electron chi connectivity index (χ1n) is 12.2. The van der Waals surface area contributed by atoms with Gasteiger partial charge in [-0.2, -0.15) is 0 Å². The van der Waals surface area contributed by atoms with Crippen LogP contribution in [0, 0.1) is 17.3 Å². The zero-order chi connectivity index (χ0) is 24.0. The predicted octanol–water partition coefficient (Wildman–Crippen LogP) is 5.57. The van der Waals surface area contributed by atoms with Crippen LogP contribution in [-0.4, -0.2) is 41.8 Å². The fourth-order valence-corrected chi connectivity index (χ4v) is 6.28. The fourth-order valence-electron chi connectivity index (χ4n) is 5.97. The van der Waals surface area contributed by atoms with Crippen molar-refractivity contribution in [3.63, 3.8) is 0 Å². The van der Waals surface area contributed by atoms with Crippen LogP contribution in [0.1, 0.15) is 72.8 Å². The van der Waals surface area contributed by atoms with E-state index in [-0.39, 0.29) is 29.5 Å². The van der Waals surface area contributed by atoms with Crippen molar-refractivity contribution in [3.8, 4) is 0 Å². The molecule has 5 nitrogen and oxygen atoms in total. The number of ether oxygens (including phenoxy) is 2. The summed E-state index contributed by atoms with van der Waals surface area (Å²) in [5, 5.41) is -0.529. The molecule has 0 spiro atoms. The molecule has 4 fully saturated rings. The molecular formula is C26H38BClO5. The van der Waals surface area contributed by atoms with Gasteiger partial charge in [0.1, 0.15) is 5.60 Å². The second-order valence-electron chi connectivity index (χ2n) is 11.7. The van der Waals surface area contributed by atoms with Gasteiger partial charge in [-0.3, -0.25) is 4.79 Å². The van der Waals surface area contributed by atoms with Crippen molar-refractivity contribution in [2.75, 3.05) is 0 Å². The van der Waals surface area contributed by atoms with Crippen LogP contribution in [-0.2, 0) is 30.2 Å². The van der Waals surface area contributed by atoms with E-state index in [1.807, 2.05) is 51.1 Å². The Bertz CT molecular complexity index is 841. The van der Waals surface area contributed by atoms with Crippen molar-refractivity contribution in [2.24, 2.45) is 17.3 Å². The zero-order valence-corrected chi connectivity index (χ0v) is 21.6. The third kappa shape index (κ3) is 5.14. The summed E-state index contributed by atoms with van der Waals surface area (Å²) in [7, 11) is -0.559. The molecule has 1 aromatic carbocycles. The normalized spacial score (nSPS) is 32.0. The number of benzene rings is 1. The minimum absolute atomic E-state index is 0.0566. The number of rotatable bonds is 8. The van der Waals surface area contributed by atoms with Gasteiger partial charge < -0.3 is 18.8 Å². The summed E-state index contributed by atoms with van der Waals surface area (Å²) >= 11 is 6.97. The van der Waals surface area contributed by atoms with E-state index in [9.17, 15) is 4.79 Å². The molecule has 2 bridgehead atoms. The highest BCUT2D eigenvalue weighted by molar-refractivity contribution is 6.60. The highest BCUT2D eigenvalue weighted by atomic mass is 35.5. The minimum Gasteiger partial charge on any atom is -0.460 e. The predicted molar refractivity (Wildman–Crippen MR) is 130 cm³/mol. The standard InChI is InChI=1S/C26H38BClO5/c1-24(2,3)31-22(29)13-12-19(30-16-17-10-8-7-9-11-17)23(28)27-32-21-15-18-14-20(25(18,4)5)26(21,6)33-27/h7-11,18-21,23H,12-16H2,1-6H3/t18-,19-,20-,21+,23+,26-/m1/s1. The number of hydrogen-bond acceptors (Lipinski definition) is 5. The molecule has 1 aromatic rings. The molecule has 0 aromatic heterocycles. The maximum absolute atomic E-state index is 12.4. The number of halogens is 1. The molecule has 3 aliphatic carbocycles. The van der Waals surface area contributed by atoms with Gasteiger partial charge in [-0.25, -0.2) is 0 Å². The van der Waals surface area contributed by atoms with Crippen molar-refractivity contribution < 1.29 is 23.6 Å². The van der Waals surface area contributed by atoms with Gasteiger partial charge in [0.25, 0.3) is 0 Å². The van der Waals surface area contributed by atoms with Crippen molar-refractivity contribution in [3.05, 3.63) is 35.9 Å². The van der Waals surface area contributed by atoms with Crippen molar-refractivity contribution in [1.82, 2.24) is 0 Å². The van der Waals surface area contributed by atoms with Crippen LogP contribution in [0.15, 0.2) is 30.3 Å². The van der Waals surface area contributed by atoms with Crippen LogP contribution < -0.4 is 0 Å². The van der Waals surface area contributed by atoms with Crippen LogP contribution in [0.2, 0.25) is 0 Å². The Morgan fingerprint density at radius 1 is 1.21 bits per heavy atom. The summed E-state index contributed by atoms with van der Waals surface area (Å²) in [4.78, 5) is 12.4. The number of alkyl halides is 1. The molecule has 4 aliphatic rings. The number of esters is 1. The lowest BCUT2D eigenvalue weighted by Gasteiger charge is -2.64. The van der Waals surface area contributed by atoms with Gasteiger partial charge in [0.15, 0.2) is 0 Å². The molecule has 3 saturated carbocycles. The maximum Gasteiger partial charge on any atom is 0.479 e. The molecule has 0 amide bonds. The van der Waals surface area contributed by atoms with E-state index in [1.54, 1.807) is 0 Å². The molecule has 0 unspecified atom stereocenters. The topological polar surface area (TPSA) is 54.0 Å². The smallest absolute Gasteiger partial charge is 0.460 e. The second kappa shape index (κ2) is 9.18. The lowest BCUT2D eigenvalue weighted by atomic mass is 9.43. The van der Waals surface area contributed by atoms with Crippen LogP contribution in [0.5, 0.6) is 0 Å². The van der Waals surface area contributed by atoms with Crippen LogP contribution in [0.25, 0.3) is 0 Å². The molecule has 6 atom stereocenters. The van der Waals surface area contributed by atoms with E-state index in [4.69, 9.17) is 30.4 Å². The van der Waals surface area contributed by atoms with Gasteiger partial charge in [0, 0.05) is 6.42 Å². The van der Waals surface area contributed by atoms with Gasteiger partial charge in [-0.1, -0.05) is 44.2 Å². The van der Waals surface area contributed by atoms with Crippen LogP contribution in [0.4, 0.5) is 0 Å². The summed E-state index contributed by atoms with van der Waals surface area (Å²) in [6.07, 6.45) is 2.52. The molecule has 1 heterocycles. The third-order valence-electron chi connectivity index (χ3n) is 7.94. The van der Waals surface area contributed by atoms with Crippen molar-refractivity contribution in [2.45, 2.75) is 103 Å². The average molecular weight is 477 g/mol. The van der Waals surface area contributed by atoms with Crippen molar-refractivity contribution in [1.29, 1.82) is 0 Å². The highest BCUT2D eigenvalue weighted by Gasteiger charge is 2.68. The van der Waals surface area contributed by atoms with Crippen LogP contribution in [0.3, 0.4) is 0 Å². The Kier molecular flexibility index (Phi) is 6.96. The zero-order valence-electron chi connectivity index (χ0n) is 20.8. The number of hydrogen-bond donors (Lipinski definition) is 0. The molecule has 7 heteroatoms. The lowest BCUT2D eigenvalue weighted by Crippen LogP contribution is -2.65. The summed E-state index contributed by atoms with van der Waals surface area (Å²) in [6.45, 7) is 12.9. The van der Waals surface area contributed by atoms with E-state index in [0.717, 1.165) is 12.0 Å². The van der Waals surface area contributed by atoms with E-state index in [2.05, 4.69) is 20.8 Å². The third-order valence-corrected chi connectivity index (χ3v) is 8.43. The minimum atomic E-state index is -0.559. The van der Waals surface area contributed by atoms with Gasteiger partial charge in [-0.05, 0) is 69.8 Å². The molecule has 0 N–H and O–H groups in total. The van der Waals surface area contributed by atoms with Gasteiger partial charge in [0.05, 0.1) is 29.7 Å². The Labute approximate surface area is 204 Å². The van der Waals surface area contributed by atoms with E-state index in [1.165, 1.54) is 6.42 Å². The summed E-state index contributed by atoms with van der Waals surface area (Å²) in [6, 6.07) is 9.97. The van der Waals surface area contributed by atoms with E-state index in [0.29, 0.717) is 24.9 Å². The Balaban J connectivity index is 1.43. The lowest BCUT2D eigenvalue weighted by molar-refractivity contribution is -0.199. The Morgan fingerprint density at radius 2 is 1.91 bits per heavy atom. The SMILES string of the molecule is CC(C)(C)OC(=O)CC[C@@H](OCc1ccccc1)[C@H](Cl)B1O[C@H]2C[C@H]3C[C@H](C3(C)C)[C@@]2(C)O1. The molecule has 5 rings (SSSR count). The van der Waals surface area contributed by atoms with E-state index >= 15 is 0 Å². The molecule has 1 aliphatic heterocycles. The largest absolute Gasteiger partial charge is 0.479 e. The van der Waals surface area contributed by atoms with Crippen molar-refractivity contribution >= 4 is 24.7 Å². The quantitative estimate of drug-likeness (QED) is 0.279. The summed E-state index contributed by atoms with van der Waals surface area (Å²) < 4.78 is 24.7. The molecule has 33 heavy (non-hydrogen) atoms. The maximum atomic E-state index is 12.4. The second-order valence-corrected chi connectivity index (χ2v) is 12.2. The first kappa shape index (κ1) is 25.0. The van der Waals surface area contributed by atoms with E-state index < -0.39 is 24.1 Å². The van der Waals surface area contributed by atoms with Gasteiger partial charge in [0.2, 0.25) is 0 Å². The summed E-state index contributed by atoms with van der Waals surface area (Å²) in [5.74, 6) is 0.887.